The second kappa shape index (κ2) is 5.41. The van der Waals surface area contributed by atoms with E-state index in [-0.39, 0.29) is 15.9 Å². The average molecular weight is 302 g/mol. The van der Waals surface area contributed by atoms with Crippen LogP contribution in [0.25, 0.3) is 0 Å². The standard InChI is InChI=1S/C10H9Cl2N5O2/c1-17-8(19-2)4-7(16-17)13-10(18)5-3-6(11)14-15-9(5)12/h3-4H,1-2H3,(H,13,16,18). The van der Waals surface area contributed by atoms with E-state index in [1.54, 1.807) is 13.1 Å². The zero-order valence-electron chi connectivity index (χ0n) is 10.0. The van der Waals surface area contributed by atoms with Gasteiger partial charge in [0.15, 0.2) is 16.1 Å². The summed E-state index contributed by atoms with van der Waals surface area (Å²) in [5.41, 5.74) is 0.117. The van der Waals surface area contributed by atoms with Gasteiger partial charge in [0, 0.05) is 13.1 Å². The fourth-order valence-electron chi connectivity index (χ4n) is 1.40. The summed E-state index contributed by atoms with van der Waals surface area (Å²) in [5, 5.41) is 13.7. The van der Waals surface area contributed by atoms with Crippen molar-refractivity contribution < 1.29 is 9.53 Å². The smallest absolute Gasteiger partial charge is 0.260 e. The Morgan fingerprint density at radius 1 is 1.37 bits per heavy atom. The molecule has 2 rings (SSSR count). The van der Waals surface area contributed by atoms with Crippen LogP contribution < -0.4 is 10.1 Å². The number of halogens is 2. The van der Waals surface area contributed by atoms with Crippen molar-refractivity contribution in [3.8, 4) is 5.88 Å². The van der Waals surface area contributed by atoms with E-state index >= 15 is 0 Å². The Balaban J connectivity index is 2.22. The third-order valence-corrected chi connectivity index (χ3v) is 2.72. The van der Waals surface area contributed by atoms with Crippen molar-refractivity contribution in [3.05, 3.63) is 28.0 Å². The number of rotatable bonds is 3. The van der Waals surface area contributed by atoms with Gasteiger partial charge in [0.2, 0.25) is 5.88 Å². The van der Waals surface area contributed by atoms with E-state index in [2.05, 4.69) is 20.6 Å². The molecule has 2 heterocycles. The molecule has 0 unspecified atom stereocenters. The average Bonchev–Trinajstić information content (AvgIpc) is 2.72. The molecule has 0 fully saturated rings. The number of hydrogen-bond donors (Lipinski definition) is 1. The van der Waals surface area contributed by atoms with Gasteiger partial charge in [0.25, 0.3) is 5.91 Å². The van der Waals surface area contributed by atoms with Crippen molar-refractivity contribution >= 4 is 34.9 Å². The number of nitrogens with one attached hydrogen (secondary N) is 1. The predicted molar refractivity (Wildman–Crippen MR) is 69.8 cm³/mol. The lowest BCUT2D eigenvalue weighted by atomic mass is 10.3. The van der Waals surface area contributed by atoms with Crippen molar-refractivity contribution in [2.75, 3.05) is 12.4 Å². The molecule has 0 aliphatic rings. The van der Waals surface area contributed by atoms with Crippen molar-refractivity contribution in [2.24, 2.45) is 7.05 Å². The molecule has 0 aliphatic carbocycles. The van der Waals surface area contributed by atoms with Crippen LogP contribution in [0.4, 0.5) is 5.82 Å². The van der Waals surface area contributed by atoms with Crippen molar-refractivity contribution in [3.63, 3.8) is 0 Å². The molecule has 0 bridgehead atoms. The summed E-state index contributed by atoms with van der Waals surface area (Å²) < 4.78 is 6.52. The molecule has 19 heavy (non-hydrogen) atoms. The monoisotopic (exact) mass is 301 g/mol. The van der Waals surface area contributed by atoms with Gasteiger partial charge < -0.3 is 10.1 Å². The first-order chi connectivity index (χ1) is 9.01. The van der Waals surface area contributed by atoms with Gasteiger partial charge in [0.05, 0.1) is 12.7 Å². The van der Waals surface area contributed by atoms with Crippen LogP contribution in [0.1, 0.15) is 10.4 Å². The van der Waals surface area contributed by atoms with Crippen molar-refractivity contribution in [1.82, 2.24) is 20.0 Å². The maximum absolute atomic E-state index is 12.0. The third kappa shape index (κ3) is 2.94. The van der Waals surface area contributed by atoms with E-state index in [0.29, 0.717) is 11.7 Å². The summed E-state index contributed by atoms with van der Waals surface area (Å²) in [7, 11) is 3.19. The first-order valence-electron chi connectivity index (χ1n) is 5.09. The van der Waals surface area contributed by atoms with Crippen LogP contribution in [0.2, 0.25) is 10.3 Å². The zero-order valence-corrected chi connectivity index (χ0v) is 11.5. The zero-order chi connectivity index (χ0) is 14.0. The van der Waals surface area contributed by atoms with E-state index in [4.69, 9.17) is 27.9 Å². The lowest BCUT2D eigenvalue weighted by molar-refractivity contribution is 0.102. The molecule has 0 spiro atoms. The molecule has 2 aromatic rings. The summed E-state index contributed by atoms with van der Waals surface area (Å²) in [4.78, 5) is 12.0. The summed E-state index contributed by atoms with van der Waals surface area (Å²) in [6.45, 7) is 0. The number of carbonyl (C=O) groups is 1. The van der Waals surface area contributed by atoms with Gasteiger partial charge >= 0.3 is 0 Å². The van der Waals surface area contributed by atoms with Crippen molar-refractivity contribution in [1.29, 1.82) is 0 Å². The molecule has 9 heteroatoms. The minimum atomic E-state index is -0.484. The molecule has 2 aromatic heterocycles. The van der Waals surface area contributed by atoms with Gasteiger partial charge in [-0.1, -0.05) is 23.2 Å². The molecule has 0 radical (unpaired) electrons. The Labute approximate surface area is 118 Å². The first-order valence-corrected chi connectivity index (χ1v) is 5.85. The fraction of sp³-hybridized carbons (Fsp3) is 0.200. The quantitative estimate of drug-likeness (QED) is 0.934. The number of aromatic nitrogens is 4. The van der Waals surface area contributed by atoms with E-state index < -0.39 is 5.91 Å². The van der Waals surface area contributed by atoms with E-state index in [1.165, 1.54) is 17.9 Å². The number of anilines is 1. The highest BCUT2D eigenvalue weighted by molar-refractivity contribution is 6.34. The second-order valence-electron chi connectivity index (χ2n) is 3.52. The Bertz CT molecular complexity index is 628. The minimum Gasteiger partial charge on any atom is -0.481 e. The SMILES string of the molecule is COc1cc(NC(=O)c2cc(Cl)nnc2Cl)nn1C. The Morgan fingerprint density at radius 2 is 2.11 bits per heavy atom. The predicted octanol–water partition coefficient (Wildman–Crippen LogP) is 1.78. The number of amides is 1. The molecule has 0 saturated carbocycles. The number of methoxy groups -OCH3 is 1. The molecule has 0 aromatic carbocycles. The number of ether oxygens (including phenoxy) is 1. The highest BCUT2D eigenvalue weighted by atomic mass is 35.5. The number of carbonyl (C=O) groups excluding carboxylic acids is 1. The normalized spacial score (nSPS) is 10.3. The van der Waals surface area contributed by atoms with E-state index in [0.717, 1.165) is 0 Å². The first kappa shape index (κ1) is 13.6. The van der Waals surface area contributed by atoms with E-state index in [9.17, 15) is 4.79 Å². The highest BCUT2D eigenvalue weighted by Crippen LogP contribution is 2.19. The van der Waals surface area contributed by atoms with Crippen LogP contribution in [-0.2, 0) is 7.05 Å². The summed E-state index contributed by atoms with van der Waals surface area (Å²) in [6, 6.07) is 2.90. The Kier molecular flexibility index (Phi) is 3.87. The van der Waals surface area contributed by atoms with Gasteiger partial charge in [-0.3, -0.25) is 4.79 Å². The van der Waals surface area contributed by atoms with Gasteiger partial charge in [0.1, 0.15) is 0 Å². The van der Waals surface area contributed by atoms with Crippen LogP contribution in [0.15, 0.2) is 12.1 Å². The lowest BCUT2D eigenvalue weighted by Crippen LogP contribution is -2.14. The summed E-state index contributed by atoms with van der Waals surface area (Å²) in [5.74, 6) is 0.350. The summed E-state index contributed by atoms with van der Waals surface area (Å²) >= 11 is 11.4. The summed E-state index contributed by atoms with van der Waals surface area (Å²) in [6.07, 6.45) is 0. The third-order valence-electron chi connectivity index (χ3n) is 2.25. The van der Waals surface area contributed by atoms with Crippen molar-refractivity contribution in [2.45, 2.75) is 0 Å². The Morgan fingerprint density at radius 3 is 2.74 bits per heavy atom. The van der Waals surface area contributed by atoms with Gasteiger partial charge in [-0.2, -0.15) is 5.10 Å². The molecule has 1 amide bonds. The van der Waals surface area contributed by atoms with Crippen LogP contribution in [0.3, 0.4) is 0 Å². The van der Waals surface area contributed by atoms with Gasteiger partial charge in [-0.05, 0) is 6.07 Å². The van der Waals surface area contributed by atoms with Crippen LogP contribution in [0.5, 0.6) is 5.88 Å². The van der Waals surface area contributed by atoms with Crippen LogP contribution in [0, 0.1) is 0 Å². The number of nitrogens with zero attached hydrogens (tertiary/aromatic N) is 4. The maximum Gasteiger partial charge on any atom is 0.260 e. The largest absolute Gasteiger partial charge is 0.481 e. The van der Waals surface area contributed by atoms with E-state index in [1.807, 2.05) is 0 Å². The Hall–Kier alpha value is -1.86. The molecule has 0 atom stereocenters. The number of hydrogen-bond acceptors (Lipinski definition) is 5. The molecule has 0 saturated heterocycles. The van der Waals surface area contributed by atoms with Gasteiger partial charge in [-0.25, -0.2) is 4.68 Å². The molecule has 7 nitrogen and oxygen atoms in total. The van der Waals surface area contributed by atoms with Crippen LogP contribution >= 0.6 is 23.2 Å². The van der Waals surface area contributed by atoms with Gasteiger partial charge in [-0.15, -0.1) is 10.2 Å². The molecule has 0 aliphatic heterocycles. The lowest BCUT2D eigenvalue weighted by Gasteiger charge is -2.02. The molecular weight excluding hydrogens is 293 g/mol. The minimum absolute atomic E-state index is 0.0372. The number of aryl methyl sites for hydroxylation is 1. The second-order valence-corrected chi connectivity index (χ2v) is 4.27. The highest BCUT2D eigenvalue weighted by Gasteiger charge is 2.15. The molecular formula is C10H9Cl2N5O2. The topological polar surface area (TPSA) is 81.9 Å². The molecule has 1 N–H and O–H groups in total. The maximum atomic E-state index is 12.0. The fourth-order valence-corrected chi connectivity index (χ4v) is 1.72. The van der Waals surface area contributed by atoms with Crippen LogP contribution in [-0.4, -0.2) is 33.0 Å². The molecule has 100 valence electrons.